The molecule has 0 atom stereocenters. The number of nitrogens with zero attached hydrogens (tertiary/aromatic N) is 1. The predicted molar refractivity (Wildman–Crippen MR) is 128 cm³/mol. The summed E-state index contributed by atoms with van der Waals surface area (Å²) in [7, 11) is 0. The monoisotopic (exact) mass is 395 g/mol. The van der Waals surface area contributed by atoms with Gasteiger partial charge in [-0.05, 0) is 44.4 Å². The van der Waals surface area contributed by atoms with E-state index in [0.29, 0.717) is 17.0 Å². The number of nitriles is 1. The summed E-state index contributed by atoms with van der Waals surface area (Å²) in [6.07, 6.45) is 13.3. The van der Waals surface area contributed by atoms with E-state index < -0.39 is 0 Å². The van der Waals surface area contributed by atoms with Gasteiger partial charge in [-0.3, -0.25) is 0 Å². The van der Waals surface area contributed by atoms with Crippen molar-refractivity contribution in [2.45, 2.75) is 27.7 Å². The minimum Gasteiger partial charge on any atom is -0.398 e. The maximum Gasteiger partial charge on any atom is 0.100 e. The molecule has 0 amide bonds. The zero-order valence-corrected chi connectivity index (χ0v) is 18.2. The summed E-state index contributed by atoms with van der Waals surface area (Å²) in [5, 5.41) is 10.0. The highest BCUT2D eigenvalue weighted by Gasteiger charge is 2.40. The Morgan fingerprint density at radius 1 is 0.967 bits per heavy atom. The van der Waals surface area contributed by atoms with Gasteiger partial charge in [-0.25, -0.2) is 0 Å². The maximum absolute atomic E-state index is 10.0. The van der Waals surface area contributed by atoms with Gasteiger partial charge in [0.15, 0.2) is 0 Å². The molecule has 3 nitrogen and oxygen atoms in total. The summed E-state index contributed by atoms with van der Waals surface area (Å²) < 4.78 is 0. The molecule has 4 N–H and O–H groups in total. The molecule has 1 aromatic carbocycles. The fourth-order valence-electron chi connectivity index (χ4n) is 3.39. The van der Waals surface area contributed by atoms with Gasteiger partial charge in [0.1, 0.15) is 6.07 Å². The molecule has 0 bridgehead atoms. The van der Waals surface area contributed by atoms with Crippen LogP contribution in [-0.4, -0.2) is 0 Å². The van der Waals surface area contributed by atoms with Crippen LogP contribution in [0.3, 0.4) is 0 Å². The molecule has 2 rings (SSSR count). The molecule has 1 aromatic rings. The lowest BCUT2D eigenvalue weighted by Gasteiger charge is -2.02. The molecule has 0 aromatic heterocycles. The first kappa shape index (κ1) is 22.5. The standard InChI is InChI=1S/C27H29N3/c1-6-11-19(9-4)26(29)24-23(22(17-28)21-15-10-14-18(5)16-21)25(24)27(30)20(12-7-2)13-8-3/h6-16H,2,29-30H2,1,3-5H3/b11-6-,13-8-,19-9+,20-12+,23-22?,26-24?,27-25?. The van der Waals surface area contributed by atoms with Crippen LogP contribution in [-0.2, 0) is 0 Å². The van der Waals surface area contributed by atoms with Gasteiger partial charge in [0.2, 0.25) is 0 Å². The molecule has 1 saturated carbocycles. The van der Waals surface area contributed by atoms with Gasteiger partial charge >= 0.3 is 0 Å². The van der Waals surface area contributed by atoms with Crippen molar-refractivity contribution in [3.8, 4) is 6.07 Å². The number of rotatable bonds is 6. The third-order valence-corrected chi connectivity index (χ3v) is 4.82. The molecule has 0 radical (unpaired) electrons. The summed E-state index contributed by atoms with van der Waals surface area (Å²) in [5.41, 5.74) is 21.0. The van der Waals surface area contributed by atoms with Gasteiger partial charge in [0, 0.05) is 28.1 Å². The Morgan fingerprint density at radius 2 is 1.57 bits per heavy atom. The molecule has 0 heterocycles. The van der Waals surface area contributed by atoms with Crippen LogP contribution < -0.4 is 11.5 Å². The molecule has 1 aliphatic rings. The molecule has 0 spiro atoms. The third-order valence-electron chi connectivity index (χ3n) is 4.82. The molecule has 1 aliphatic carbocycles. The van der Waals surface area contributed by atoms with Crippen molar-refractivity contribution in [2.24, 2.45) is 11.5 Å². The highest BCUT2D eigenvalue weighted by molar-refractivity contribution is 5.99. The Hall–Kier alpha value is -3.77. The van der Waals surface area contributed by atoms with E-state index >= 15 is 0 Å². The van der Waals surface area contributed by atoms with E-state index in [9.17, 15) is 5.26 Å². The first-order valence-corrected chi connectivity index (χ1v) is 9.92. The van der Waals surface area contributed by atoms with Crippen LogP contribution in [0.5, 0.6) is 0 Å². The molecular formula is C27H29N3. The van der Waals surface area contributed by atoms with Crippen molar-refractivity contribution in [1.29, 1.82) is 5.26 Å². The number of nitrogens with two attached hydrogens (primary N) is 2. The lowest BCUT2D eigenvalue weighted by molar-refractivity contribution is 1.31. The highest BCUT2D eigenvalue weighted by atomic mass is 14.7. The minimum absolute atomic E-state index is 0.573. The van der Waals surface area contributed by atoms with E-state index in [1.165, 1.54) is 0 Å². The summed E-state index contributed by atoms with van der Waals surface area (Å²) in [6, 6.07) is 10.3. The first-order valence-electron chi connectivity index (χ1n) is 9.92. The van der Waals surface area contributed by atoms with Crippen molar-refractivity contribution in [2.75, 3.05) is 0 Å². The van der Waals surface area contributed by atoms with Gasteiger partial charge < -0.3 is 11.5 Å². The number of benzene rings is 1. The molecular weight excluding hydrogens is 366 g/mol. The number of hydrogen-bond acceptors (Lipinski definition) is 3. The number of hydrogen-bond donors (Lipinski definition) is 2. The van der Waals surface area contributed by atoms with Gasteiger partial charge in [0.25, 0.3) is 0 Å². The SMILES string of the molecule is C=C/C=C(\C=C/C)C(N)=C1C(=C(N)C(/C=C\C)=C/C)C1=C(C#N)c1cccc(C)c1. The summed E-state index contributed by atoms with van der Waals surface area (Å²) in [6.45, 7) is 11.6. The average Bonchev–Trinajstić information content (AvgIpc) is 3.46. The Balaban J connectivity index is 2.90. The fourth-order valence-corrected chi connectivity index (χ4v) is 3.39. The molecule has 0 aliphatic heterocycles. The number of allylic oxidation sites excluding steroid dienone is 11. The second-order valence-corrected chi connectivity index (χ2v) is 6.91. The second-order valence-electron chi connectivity index (χ2n) is 6.91. The van der Waals surface area contributed by atoms with Gasteiger partial charge in [-0.2, -0.15) is 5.26 Å². The van der Waals surface area contributed by atoms with Crippen LogP contribution >= 0.6 is 0 Å². The van der Waals surface area contributed by atoms with Crippen molar-refractivity contribution in [1.82, 2.24) is 0 Å². The summed E-state index contributed by atoms with van der Waals surface area (Å²) in [4.78, 5) is 0. The molecule has 152 valence electrons. The average molecular weight is 396 g/mol. The van der Waals surface area contributed by atoms with E-state index in [1.54, 1.807) is 6.08 Å². The highest BCUT2D eigenvalue weighted by Crippen LogP contribution is 2.53. The Labute approximate surface area is 180 Å². The van der Waals surface area contributed by atoms with Crippen molar-refractivity contribution >= 4 is 5.57 Å². The second kappa shape index (κ2) is 10.1. The van der Waals surface area contributed by atoms with Crippen LogP contribution in [0.4, 0.5) is 0 Å². The van der Waals surface area contributed by atoms with Crippen LogP contribution in [0.1, 0.15) is 31.9 Å². The Bertz CT molecular complexity index is 1110. The van der Waals surface area contributed by atoms with Crippen molar-refractivity contribution in [3.05, 3.63) is 124 Å². The van der Waals surface area contributed by atoms with Crippen LogP contribution in [0.25, 0.3) is 5.57 Å². The number of aryl methyl sites for hydroxylation is 1. The quantitative estimate of drug-likeness (QED) is 0.463. The van der Waals surface area contributed by atoms with E-state index in [1.807, 2.05) is 88.4 Å². The van der Waals surface area contributed by atoms with Gasteiger partial charge in [-0.1, -0.05) is 78.9 Å². The van der Waals surface area contributed by atoms with Crippen molar-refractivity contribution in [3.63, 3.8) is 0 Å². The Morgan fingerprint density at radius 3 is 2.07 bits per heavy atom. The zero-order valence-electron chi connectivity index (χ0n) is 18.2. The maximum atomic E-state index is 10.0. The molecule has 0 saturated heterocycles. The largest absolute Gasteiger partial charge is 0.398 e. The van der Waals surface area contributed by atoms with Crippen LogP contribution in [0.15, 0.2) is 113 Å². The molecule has 1 fully saturated rings. The summed E-state index contributed by atoms with van der Waals surface area (Å²) >= 11 is 0. The summed E-state index contributed by atoms with van der Waals surface area (Å²) in [5.74, 6) is 0. The molecule has 3 heteroatoms. The predicted octanol–water partition coefficient (Wildman–Crippen LogP) is 5.92. The van der Waals surface area contributed by atoms with E-state index in [4.69, 9.17) is 11.5 Å². The van der Waals surface area contributed by atoms with E-state index in [-0.39, 0.29) is 0 Å². The minimum atomic E-state index is 0.573. The lowest BCUT2D eigenvalue weighted by Crippen LogP contribution is -2.02. The lowest BCUT2D eigenvalue weighted by atomic mass is 10.0. The van der Waals surface area contributed by atoms with Gasteiger partial charge in [-0.15, -0.1) is 0 Å². The van der Waals surface area contributed by atoms with Crippen LogP contribution in [0, 0.1) is 18.3 Å². The van der Waals surface area contributed by atoms with Crippen molar-refractivity contribution < 1.29 is 0 Å². The molecule has 30 heavy (non-hydrogen) atoms. The third kappa shape index (κ3) is 4.61. The van der Waals surface area contributed by atoms with E-state index in [2.05, 4.69) is 12.6 Å². The first-order chi connectivity index (χ1) is 14.4. The normalized spacial score (nSPS) is 19.7. The topological polar surface area (TPSA) is 75.8 Å². The zero-order chi connectivity index (χ0) is 22.3. The molecule has 0 unspecified atom stereocenters. The smallest absolute Gasteiger partial charge is 0.100 e. The fraction of sp³-hybridized carbons (Fsp3) is 0.148. The van der Waals surface area contributed by atoms with Gasteiger partial charge in [0.05, 0.1) is 5.57 Å². The van der Waals surface area contributed by atoms with E-state index in [0.717, 1.165) is 39.0 Å². The Kier molecular flexibility index (Phi) is 7.61. The van der Waals surface area contributed by atoms with Crippen LogP contribution in [0.2, 0.25) is 0 Å².